The quantitative estimate of drug-likeness (QED) is 0.642. The molecule has 0 saturated carbocycles. The Morgan fingerprint density at radius 3 is 2.52 bits per heavy atom. The molecule has 0 aliphatic carbocycles. The smallest absolute Gasteiger partial charge is 0.348 e. The molecule has 1 aromatic carbocycles. The Morgan fingerprint density at radius 2 is 1.86 bits per heavy atom. The molecule has 0 aliphatic heterocycles. The van der Waals surface area contributed by atoms with Crippen LogP contribution in [-0.4, -0.2) is 27.5 Å². The van der Waals surface area contributed by atoms with Crippen molar-refractivity contribution in [2.24, 2.45) is 0 Å². The number of carbonyl (C=O) groups excluding carboxylic acids is 2. The van der Waals surface area contributed by atoms with Crippen LogP contribution in [0.3, 0.4) is 0 Å². The van der Waals surface area contributed by atoms with Crippen molar-refractivity contribution < 1.29 is 14.3 Å². The van der Waals surface area contributed by atoms with Crippen LogP contribution in [-0.2, 0) is 9.53 Å². The number of fused-ring (bicyclic) bond motifs is 1. The normalized spacial score (nSPS) is 12.2. The number of nitrogens with one attached hydrogen (secondary N) is 1. The van der Waals surface area contributed by atoms with Gasteiger partial charge in [0.25, 0.3) is 5.56 Å². The Kier molecular flexibility index (Phi) is 5.83. The summed E-state index contributed by atoms with van der Waals surface area (Å²) in [5, 5.41) is 3.18. The van der Waals surface area contributed by atoms with E-state index < -0.39 is 12.0 Å². The van der Waals surface area contributed by atoms with Crippen molar-refractivity contribution in [3.8, 4) is 0 Å². The molecule has 8 heteroatoms. The van der Waals surface area contributed by atoms with Crippen molar-refractivity contribution in [3.05, 3.63) is 57.0 Å². The number of hydrogen-bond donors (Lipinski definition) is 1. The van der Waals surface area contributed by atoms with Crippen molar-refractivity contribution >= 4 is 39.1 Å². The summed E-state index contributed by atoms with van der Waals surface area (Å²) in [5.41, 5.74) is 1.78. The second-order valence-electron chi connectivity index (χ2n) is 7.13. The first-order chi connectivity index (χ1) is 13.7. The number of carbonyl (C=O) groups is 2. The fourth-order valence-electron chi connectivity index (χ4n) is 2.95. The van der Waals surface area contributed by atoms with Crippen LogP contribution in [0, 0.1) is 13.8 Å². The van der Waals surface area contributed by atoms with E-state index in [1.165, 1.54) is 10.9 Å². The number of aryl methyl sites for hydroxylation is 2. The molecule has 7 nitrogen and oxygen atoms in total. The van der Waals surface area contributed by atoms with Gasteiger partial charge >= 0.3 is 5.97 Å². The lowest BCUT2D eigenvalue weighted by molar-refractivity contribution is -0.118. The van der Waals surface area contributed by atoms with E-state index in [2.05, 4.69) is 10.3 Å². The van der Waals surface area contributed by atoms with Gasteiger partial charge in [-0.15, -0.1) is 11.3 Å². The van der Waals surface area contributed by atoms with Crippen LogP contribution < -0.4 is 10.9 Å². The second-order valence-corrected chi connectivity index (χ2v) is 8.13. The third-order valence-electron chi connectivity index (χ3n) is 4.60. The fraction of sp³-hybridized carbons (Fsp3) is 0.333. The molecule has 1 unspecified atom stereocenters. The van der Waals surface area contributed by atoms with Gasteiger partial charge in [0.05, 0.1) is 17.8 Å². The van der Waals surface area contributed by atoms with E-state index in [1.54, 1.807) is 33.8 Å². The van der Waals surface area contributed by atoms with Gasteiger partial charge < -0.3 is 10.1 Å². The minimum atomic E-state index is -0.774. The summed E-state index contributed by atoms with van der Waals surface area (Å²) in [6.45, 7) is 8.76. The molecule has 1 amide bonds. The van der Waals surface area contributed by atoms with E-state index in [1.807, 2.05) is 25.1 Å². The standard InChI is InChI=1S/C21H23N3O4S/c1-11(2)28-21(27)17-13(4)16-19(29-17)22-10-24(20(16)26)14(5)18(25)23-15-9-7-6-8-12(15)3/h6-11,14H,1-5H3,(H,23,25). The Bertz CT molecular complexity index is 1150. The number of ether oxygens (including phenoxy) is 1. The molecule has 29 heavy (non-hydrogen) atoms. The number of thiophene rings is 1. The maximum absolute atomic E-state index is 13.1. The van der Waals surface area contributed by atoms with Crippen molar-refractivity contribution in [1.29, 1.82) is 0 Å². The summed E-state index contributed by atoms with van der Waals surface area (Å²) < 4.78 is 6.54. The summed E-state index contributed by atoms with van der Waals surface area (Å²) in [7, 11) is 0. The van der Waals surface area contributed by atoms with Crippen LogP contribution in [0.25, 0.3) is 10.2 Å². The average molecular weight is 413 g/mol. The van der Waals surface area contributed by atoms with Gasteiger partial charge in [-0.05, 0) is 51.8 Å². The third-order valence-corrected chi connectivity index (χ3v) is 5.78. The zero-order valence-corrected chi connectivity index (χ0v) is 17.8. The molecule has 152 valence electrons. The lowest BCUT2D eigenvalue weighted by atomic mass is 10.2. The summed E-state index contributed by atoms with van der Waals surface area (Å²) >= 11 is 1.12. The fourth-order valence-corrected chi connectivity index (χ4v) is 3.97. The molecule has 0 aliphatic rings. The van der Waals surface area contributed by atoms with E-state index in [9.17, 15) is 14.4 Å². The van der Waals surface area contributed by atoms with Crippen molar-refractivity contribution in [2.45, 2.75) is 46.8 Å². The molecule has 2 aromatic heterocycles. The van der Waals surface area contributed by atoms with E-state index in [0.717, 1.165) is 16.9 Å². The highest BCUT2D eigenvalue weighted by molar-refractivity contribution is 7.20. The highest BCUT2D eigenvalue weighted by atomic mass is 32.1. The largest absolute Gasteiger partial charge is 0.459 e. The van der Waals surface area contributed by atoms with Gasteiger partial charge in [-0.25, -0.2) is 9.78 Å². The van der Waals surface area contributed by atoms with Crippen LogP contribution in [0.4, 0.5) is 5.69 Å². The summed E-state index contributed by atoms with van der Waals surface area (Å²) in [6, 6.07) is 6.65. The lowest BCUT2D eigenvalue weighted by Crippen LogP contribution is -2.32. The Hall–Kier alpha value is -3.00. The first-order valence-electron chi connectivity index (χ1n) is 9.28. The number of aromatic nitrogens is 2. The number of esters is 1. The van der Waals surface area contributed by atoms with E-state index in [4.69, 9.17) is 4.74 Å². The topological polar surface area (TPSA) is 90.3 Å². The van der Waals surface area contributed by atoms with Gasteiger partial charge in [0.2, 0.25) is 5.91 Å². The molecule has 3 aromatic rings. The predicted molar refractivity (Wildman–Crippen MR) is 114 cm³/mol. The maximum Gasteiger partial charge on any atom is 0.348 e. The molecule has 0 saturated heterocycles. The molecule has 3 rings (SSSR count). The maximum atomic E-state index is 13.1. The average Bonchev–Trinajstić information content (AvgIpc) is 3.00. The van der Waals surface area contributed by atoms with Crippen LogP contribution in [0.5, 0.6) is 0 Å². The second kappa shape index (κ2) is 8.16. The summed E-state index contributed by atoms with van der Waals surface area (Å²) in [4.78, 5) is 43.2. The minimum Gasteiger partial charge on any atom is -0.459 e. The number of amides is 1. The molecule has 0 spiro atoms. The van der Waals surface area contributed by atoms with Crippen LogP contribution in [0.15, 0.2) is 35.4 Å². The van der Waals surface area contributed by atoms with Gasteiger partial charge in [-0.2, -0.15) is 0 Å². The minimum absolute atomic E-state index is 0.262. The number of para-hydroxylation sites is 1. The van der Waals surface area contributed by atoms with Gasteiger partial charge in [0.1, 0.15) is 15.7 Å². The molecular weight excluding hydrogens is 390 g/mol. The van der Waals surface area contributed by atoms with Gasteiger partial charge in [-0.1, -0.05) is 18.2 Å². The molecule has 0 bridgehead atoms. The molecular formula is C21H23N3O4S. The first kappa shape index (κ1) is 20.7. The molecule has 0 radical (unpaired) electrons. The van der Waals surface area contributed by atoms with Crippen molar-refractivity contribution in [3.63, 3.8) is 0 Å². The van der Waals surface area contributed by atoms with Crippen molar-refractivity contribution in [1.82, 2.24) is 9.55 Å². The van der Waals surface area contributed by atoms with Crippen LogP contribution in [0.1, 0.15) is 47.6 Å². The number of rotatable bonds is 5. The number of anilines is 1. The molecule has 1 N–H and O–H groups in total. The predicted octanol–water partition coefficient (Wildman–Crippen LogP) is 3.84. The zero-order valence-electron chi connectivity index (χ0n) is 17.0. The number of hydrogen-bond acceptors (Lipinski definition) is 6. The highest BCUT2D eigenvalue weighted by Crippen LogP contribution is 2.28. The van der Waals surface area contributed by atoms with E-state index in [0.29, 0.717) is 26.3 Å². The molecule has 2 heterocycles. The van der Waals surface area contributed by atoms with Crippen LogP contribution in [0.2, 0.25) is 0 Å². The summed E-state index contributed by atoms with van der Waals surface area (Å²) in [5.74, 6) is -0.799. The van der Waals surface area contributed by atoms with Crippen molar-refractivity contribution in [2.75, 3.05) is 5.32 Å². The third kappa shape index (κ3) is 4.07. The number of benzene rings is 1. The lowest BCUT2D eigenvalue weighted by Gasteiger charge is -2.16. The van der Waals surface area contributed by atoms with Gasteiger partial charge in [0, 0.05) is 5.69 Å². The van der Waals surface area contributed by atoms with Gasteiger partial charge in [0.15, 0.2) is 0 Å². The SMILES string of the molecule is Cc1ccccc1NC(=O)C(C)n1cnc2sc(C(=O)OC(C)C)c(C)c2c1=O. The van der Waals surface area contributed by atoms with Crippen LogP contribution >= 0.6 is 11.3 Å². The van der Waals surface area contributed by atoms with E-state index >= 15 is 0 Å². The Labute approximate surface area is 172 Å². The highest BCUT2D eigenvalue weighted by Gasteiger charge is 2.24. The number of nitrogens with zero attached hydrogens (tertiary/aromatic N) is 2. The Balaban J connectivity index is 1.96. The first-order valence-corrected chi connectivity index (χ1v) is 10.1. The zero-order chi connectivity index (χ0) is 21.3. The Morgan fingerprint density at radius 1 is 1.17 bits per heavy atom. The van der Waals surface area contributed by atoms with E-state index in [-0.39, 0.29) is 17.6 Å². The molecule has 0 fully saturated rings. The molecule has 1 atom stereocenters. The van der Waals surface area contributed by atoms with Gasteiger partial charge in [-0.3, -0.25) is 14.2 Å². The summed E-state index contributed by atoms with van der Waals surface area (Å²) in [6.07, 6.45) is 1.09. The monoisotopic (exact) mass is 413 g/mol.